The molecule has 0 fully saturated rings. The van der Waals surface area contributed by atoms with Crippen molar-refractivity contribution in [1.82, 2.24) is 24.3 Å². The van der Waals surface area contributed by atoms with Crippen LogP contribution in [0.4, 0.5) is 0 Å². The molecule has 15 heteroatoms. The largest absolute Gasteiger partial charge is 0.361 e. The van der Waals surface area contributed by atoms with Gasteiger partial charge in [-0.15, -0.1) is 0 Å². The van der Waals surface area contributed by atoms with Crippen LogP contribution in [0.2, 0.25) is 25.7 Å². The summed E-state index contributed by atoms with van der Waals surface area (Å²) in [5, 5.41) is 5.25. The zero-order valence-electron chi connectivity index (χ0n) is 21.3. The fraction of sp³-hybridized carbons (Fsp3) is 0.591. The summed E-state index contributed by atoms with van der Waals surface area (Å²) in [6.07, 6.45) is 7.81. The lowest BCUT2D eigenvalue weighted by atomic mass is 10.1. The van der Waals surface area contributed by atoms with E-state index in [-0.39, 0.29) is 18.9 Å². The topological polar surface area (TPSA) is 166 Å². The number of hydrogen-bond acceptors (Lipinski definition) is 8. The summed E-state index contributed by atoms with van der Waals surface area (Å²) in [6, 6.07) is 2.65. The van der Waals surface area contributed by atoms with Crippen LogP contribution in [0.5, 0.6) is 0 Å². The third-order valence-electron chi connectivity index (χ3n) is 5.91. The Balaban J connectivity index is 1.77. The minimum atomic E-state index is -4.11. The van der Waals surface area contributed by atoms with Gasteiger partial charge >= 0.3 is 0 Å². The fourth-order valence-corrected chi connectivity index (χ4v) is 5.77. The van der Waals surface area contributed by atoms with Gasteiger partial charge in [0, 0.05) is 38.0 Å². The number of hydrogen-bond donors (Lipinski definition) is 2. The van der Waals surface area contributed by atoms with Gasteiger partial charge in [-0.25, -0.2) is 9.97 Å². The Morgan fingerprint density at radius 3 is 2.27 bits per heavy atom. The molecule has 206 valence electrons. The summed E-state index contributed by atoms with van der Waals surface area (Å²) < 4.78 is 72.1. The summed E-state index contributed by atoms with van der Waals surface area (Å²) in [5.41, 5.74) is 2.12. The molecule has 0 unspecified atom stereocenters. The van der Waals surface area contributed by atoms with E-state index in [1.54, 1.807) is 17.1 Å². The molecule has 0 radical (unpaired) electrons. The van der Waals surface area contributed by atoms with Gasteiger partial charge in [-0.1, -0.05) is 19.6 Å². The molecular formula is C22H35N5O7S2Si. The monoisotopic (exact) mass is 573 g/mol. The van der Waals surface area contributed by atoms with Crippen molar-refractivity contribution in [2.24, 2.45) is 0 Å². The first-order valence-electron chi connectivity index (χ1n) is 12.0. The van der Waals surface area contributed by atoms with Crippen LogP contribution in [0.15, 0.2) is 31.0 Å². The smallest absolute Gasteiger partial charge is 0.264 e. The van der Waals surface area contributed by atoms with E-state index in [1.165, 1.54) is 6.33 Å². The second kappa shape index (κ2) is 12.1. The van der Waals surface area contributed by atoms with Crippen molar-refractivity contribution in [3.05, 3.63) is 31.0 Å². The first-order valence-corrected chi connectivity index (χ1v) is 19.0. The molecule has 0 saturated carbocycles. The Labute approximate surface area is 218 Å². The van der Waals surface area contributed by atoms with Crippen LogP contribution in [0.25, 0.3) is 22.3 Å². The van der Waals surface area contributed by atoms with Crippen molar-refractivity contribution in [3.8, 4) is 11.3 Å². The third-order valence-corrected chi connectivity index (χ3v) is 9.22. The standard InChI is InChI=1S/C22H35N5O7S2Si/c1-37(2,3)13-10-34-17-26-9-8-20-21(23-16-24-22(20)26)18-14-25-27(15-18)19(6-4-11-35(28,29)30)7-5-12-36(31,32)33/h8-9,14-16,19H,4-7,10-13,17H2,1-3H3,(H,28,29,30)(H,31,32,33). The van der Waals surface area contributed by atoms with Gasteiger partial charge in [-0.3, -0.25) is 13.8 Å². The maximum atomic E-state index is 11.1. The minimum Gasteiger partial charge on any atom is -0.361 e. The van der Waals surface area contributed by atoms with Crippen LogP contribution in [-0.2, 0) is 31.7 Å². The molecule has 0 amide bonds. The van der Waals surface area contributed by atoms with Gasteiger partial charge in [0.2, 0.25) is 0 Å². The Morgan fingerprint density at radius 2 is 1.68 bits per heavy atom. The van der Waals surface area contributed by atoms with E-state index in [0.717, 1.165) is 22.6 Å². The van der Waals surface area contributed by atoms with Gasteiger partial charge in [0.05, 0.1) is 29.4 Å². The number of nitrogens with zero attached hydrogens (tertiary/aromatic N) is 5. The van der Waals surface area contributed by atoms with Crippen LogP contribution in [0.3, 0.4) is 0 Å². The minimum absolute atomic E-state index is 0.170. The summed E-state index contributed by atoms with van der Waals surface area (Å²) in [6.45, 7) is 7.97. The SMILES string of the molecule is C[Si](C)(C)CCOCn1ccc2c(-c3cnn(C(CCCS(=O)(=O)O)CCCS(=O)(=O)O)c3)ncnc21. The molecule has 0 aliphatic heterocycles. The summed E-state index contributed by atoms with van der Waals surface area (Å²) >= 11 is 0. The Bertz CT molecular complexity index is 1360. The van der Waals surface area contributed by atoms with Crippen molar-refractivity contribution in [2.75, 3.05) is 18.1 Å². The van der Waals surface area contributed by atoms with Crippen molar-refractivity contribution in [1.29, 1.82) is 0 Å². The van der Waals surface area contributed by atoms with E-state index in [2.05, 4.69) is 34.7 Å². The van der Waals surface area contributed by atoms with Crippen LogP contribution in [0, 0.1) is 0 Å². The Kier molecular flexibility index (Phi) is 9.63. The predicted octanol–water partition coefficient (Wildman–Crippen LogP) is 3.48. The summed E-state index contributed by atoms with van der Waals surface area (Å²) in [5.74, 6) is -0.814. The third kappa shape index (κ3) is 9.57. The molecule has 0 spiro atoms. The number of aromatic nitrogens is 5. The molecule has 3 heterocycles. The van der Waals surface area contributed by atoms with Crippen molar-refractivity contribution >= 4 is 39.3 Å². The van der Waals surface area contributed by atoms with E-state index in [1.807, 2.05) is 16.8 Å². The molecule has 0 aliphatic rings. The van der Waals surface area contributed by atoms with Gasteiger partial charge < -0.3 is 9.30 Å². The highest BCUT2D eigenvalue weighted by Crippen LogP contribution is 2.28. The summed E-state index contributed by atoms with van der Waals surface area (Å²) in [4.78, 5) is 8.86. The normalized spacial score (nSPS) is 13.1. The molecule has 0 aromatic carbocycles. The molecule has 0 aliphatic carbocycles. The van der Waals surface area contributed by atoms with Gasteiger partial charge in [0.15, 0.2) is 0 Å². The highest BCUT2D eigenvalue weighted by molar-refractivity contribution is 7.86. The maximum Gasteiger partial charge on any atom is 0.264 e. The lowest BCUT2D eigenvalue weighted by Gasteiger charge is -2.17. The Morgan fingerprint density at radius 1 is 1.03 bits per heavy atom. The highest BCUT2D eigenvalue weighted by Gasteiger charge is 2.19. The molecule has 3 aromatic heterocycles. The van der Waals surface area contributed by atoms with Gasteiger partial charge in [-0.05, 0) is 37.8 Å². The molecule has 12 nitrogen and oxygen atoms in total. The molecule has 0 saturated heterocycles. The van der Waals surface area contributed by atoms with Crippen LogP contribution in [0.1, 0.15) is 31.7 Å². The lowest BCUT2D eigenvalue weighted by molar-refractivity contribution is 0.0899. The maximum absolute atomic E-state index is 11.1. The van der Waals surface area contributed by atoms with E-state index in [0.29, 0.717) is 31.9 Å². The van der Waals surface area contributed by atoms with E-state index in [4.69, 9.17) is 13.8 Å². The Hall–Kier alpha value is -2.17. The summed E-state index contributed by atoms with van der Waals surface area (Å²) in [7, 11) is -9.41. The zero-order chi connectivity index (χ0) is 27.3. The fourth-order valence-electron chi connectivity index (χ4n) is 3.95. The van der Waals surface area contributed by atoms with Crippen LogP contribution in [-0.4, -0.2) is 76.4 Å². The molecule has 2 N–H and O–H groups in total. The van der Waals surface area contributed by atoms with Crippen LogP contribution >= 0.6 is 0 Å². The van der Waals surface area contributed by atoms with E-state index >= 15 is 0 Å². The number of rotatable bonds is 15. The molecule has 0 bridgehead atoms. The number of ether oxygens (including phenoxy) is 1. The van der Waals surface area contributed by atoms with Crippen LogP contribution < -0.4 is 0 Å². The molecule has 0 atom stereocenters. The predicted molar refractivity (Wildman–Crippen MR) is 143 cm³/mol. The van der Waals surface area contributed by atoms with Gasteiger partial charge in [-0.2, -0.15) is 21.9 Å². The molecule has 3 aromatic rings. The lowest BCUT2D eigenvalue weighted by Crippen LogP contribution is -2.22. The van der Waals surface area contributed by atoms with E-state index in [9.17, 15) is 16.8 Å². The van der Waals surface area contributed by atoms with Gasteiger partial charge in [0.25, 0.3) is 20.2 Å². The van der Waals surface area contributed by atoms with Gasteiger partial charge in [0.1, 0.15) is 18.7 Å². The molecular weight excluding hydrogens is 538 g/mol. The molecule has 37 heavy (non-hydrogen) atoms. The average molecular weight is 574 g/mol. The quantitative estimate of drug-likeness (QED) is 0.156. The average Bonchev–Trinajstić information content (AvgIpc) is 3.41. The van der Waals surface area contributed by atoms with E-state index < -0.39 is 39.8 Å². The molecule has 3 rings (SSSR count). The number of fused-ring (bicyclic) bond motifs is 1. The zero-order valence-corrected chi connectivity index (χ0v) is 23.9. The second-order valence-corrected chi connectivity index (χ2v) is 19.1. The van der Waals surface area contributed by atoms with Crippen molar-refractivity contribution in [3.63, 3.8) is 0 Å². The highest BCUT2D eigenvalue weighted by atomic mass is 32.2. The first kappa shape index (κ1) is 29.4. The van der Waals surface area contributed by atoms with Crippen molar-refractivity contribution in [2.45, 2.75) is 64.1 Å². The van der Waals surface area contributed by atoms with Crippen molar-refractivity contribution < 1.29 is 30.7 Å². The second-order valence-electron chi connectivity index (χ2n) is 10.3. The first-order chi connectivity index (χ1) is 17.2.